The number of carbonyl (C=O) groups excluding carboxylic acids is 1. The van der Waals surface area contributed by atoms with E-state index in [2.05, 4.69) is 10.3 Å². The van der Waals surface area contributed by atoms with E-state index in [0.29, 0.717) is 12.2 Å². The largest absolute Gasteiger partial charge is 0.339 e. The number of benzene rings is 1. The van der Waals surface area contributed by atoms with E-state index in [0.717, 1.165) is 19.5 Å². The van der Waals surface area contributed by atoms with Crippen molar-refractivity contribution in [2.75, 3.05) is 13.1 Å². The number of hydrogen-bond acceptors (Lipinski definition) is 3. The molecule has 102 valence electrons. The van der Waals surface area contributed by atoms with Gasteiger partial charge in [-0.15, -0.1) is 5.10 Å². The van der Waals surface area contributed by atoms with Crippen molar-refractivity contribution in [2.45, 2.75) is 13.0 Å². The third-order valence-corrected chi connectivity index (χ3v) is 3.31. The molecule has 5 heteroatoms. The summed E-state index contributed by atoms with van der Waals surface area (Å²) in [6.45, 7) is 2.41. The van der Waals surface area contributed by atoms with Crippen LogP contribution in [0.5, 0.6) is 0 Å². The Kier molecular flexibility index (Phi) is 3.58. The van der Waals surface area contributed by atoms with E-state index in [1.54, 1.807) is 16.8 Å². The summed E-state index contributed by atoms with van der Waals surface area (Å²) in [5.41, 5.74) is 1.87. The highest BCUT2D eigenvalue weighted by molar-refractivity contribution is 5.91. The topological polar surface area (TPSA) is 51.0 Å². The molecular weight excluding hydrogens is 252 g/mol. The zero-order valence-corrected chi connectivity index (χ0v) is 11.1. The SMILES string of the molecule is O=C(C=Cc1cn(Cc2ccccc2)nn1)N1CCC1. The minimum Gasteiger partial charge on any atom is -0.339 e. The molecule has 2 heterocycles. The number of nitrogens with zero attached hydrogens (tertiary/aromatic N) is 4. The molecule has 0 radical (unpaired) electrons. The summed E-state index contributed by atoms with van der Waals surface area (Å²) in [4.78, 5) is 13.5. The maximum absolute atomic E-state index is 11.7. The van der Waals surface area contributed by atoms with Gasteiger partial charge < -0.3 is 4.90 Å². The van der Waals surface area contributed by atoms with E-state index in [1.807, 2.05) is 41.4 Å². The molecular formula is C15H16N4O. The summed E-state index contributed by atoms with van der Waals surface area (Å²) >= 11 is 0. The first-order chi connectivity index (χ1) is 9.81. The van der Waals surface area contributed by atoms with Crippen molar-refractivity contribution in [3.05, 3.63) is 53.9 Å². The Morgan fingerprint density at radius 2 is 2.05 bits per heavy atom. The second-order valence-electron chi connectivity index (χ2n) is 4.84. The van der Waals surface area contributed by atoms with Crippen LogP contribution in [0.3, 0.4) is 0 Å². The Hall–Kier alpha value is -2.43. The molecule has 1 aliphatic heterocycles. The van der Waals surface area contributed by atoms with E-state index < -0.39 is 0 Å². The van der Waals surface area contributed by atoms with Crippen LogP contribution in [0.1, 0.15) is 17.7 Å². The van der Waals surface area contributed by atoms with Gasteiger partial charge in [0, 0.05) is 19.2 Å². The Morgan fingerprint density at radius 3 is 2.75 bits per heavy atom. The third-order valence-electron chi connectivity index (χ3n) is 3.31. The van der Waals surface area contributed by atoms with Gasteiger partial charge in [0.25, 0.3) is 0 Å². The van der Waals surface area contributed by atoms with E-state index in [9.17, 15) is 4.79 Å². The lowest BCUT2D eigenvalue weighted by Crippen LogP contribution is -2.40. The average molecular weight is 268 g/mol. The van der Waals surface area contributed by atoms with Gasteiger partial charge in [-0.05, 0) is 18.1 Å². The van der Waals surface area contributed by atoms with Gasteiger partial charge >= 0.3 is 0 Å². The lowest BCUT2D eigenvalue weighted by molar-refractivity contribution is -0.129. The lowest BCUT2D eigenvalue weighted by Gasteiger charge is -2.29. The standard InChI is InChI=1S/C15H16N4O/c20-15(18-9-4-10-18)8-7-14-12-19(17-16-14)11-13-5-2-1-3-6-13/h1-3,5-8,12H,4,9-11H2. The van der Waals surface area contributed by atoms with Crippen molar-refractivity contribution < 1.29 is 4.79 Å². The van der Waals surface area contributed by atoms with Crippen LogP contribution < -0.4 is 0 Å². The predicted molar refractivity (Wildman–Crippen MR) is 75.8 cm³/mol. The first-order valence-electron chi connectivity index (χ1n) is 6.72. The highest BCUT2D eigenvalue weighted by Gasteiger charge is 2.17. The number of likely N-dealkylation sites (tertiary alicyclic amines) is 1. The number of hydrogen-bond donors (Lipinski definition) is 0. The molecule has 1 saturated heterocycles. The zero-order valence-electron chi connectivity index (χ0n) is 11.1. The Labute approximate surface area is 117 Å². The number of carbonyl (C=O) groups is 1. The summed E-state index contributed by atoms with van der Waals surface area (Å²) in [5, 5.41) is 8.10. The molecule has 3 rings (SSSR count). The van der Waals surface area contributed by atoms with Crippen LogP contribution >= 0.6 is 0 Å². The Morgan fingerprint density at radius 1 is 1.25 bits per heavy atom. The van der Waals surface area contributed by atoms with Crippen molar-refractivity contribution in [3.63, 3.8) is 0 Å². The van der Waals surface area contributed by atoms with Crippen molar-refractivity contribution in [1.29, 1.82) is 0 Å². The van der Waals surface area contributed by atoms with Crippen LogP contribution in [0.25, 0.3) is 6.08 Å². The number of amides is 1. The van der Waals surface area contributed by atoms with Gasteiger partial charge in [0.05, 0.1) is 12.7 Å². The van der Waals surface area contributed by atoms with Gasteiger partial charge in [-0.3, -0.25) is 4.79 Å². The maximum atomic E-state index is 11.7. The minimum atomic E-state index is 0.0499. The fraction of sp³-hybridized carbons (Fsp3) is 0.267. The van der Waals surface area contributed by atoms with Crippen molar-refractivity contribution in [1.82, 2.24) is 19.9 Å². The first-order valence-corrected chi connectivity index (χ1v) is 6.72. The second-order valence-corrected chi connectivity index (χ2v) is 4.84. The Balaban J connectivity index is 1.61. The molecule has 1 amide bonds. The maximum Gasteiger partial charge on any atom is 0.246 e. The highest BCUT2D eigenvalue weighted by Crippen LogP contribution is 2.08. The zero-order chi connectivity index (χ0) is 13.8. The molecule has 0 atom stereocenters. The fourth-order valence-corrected chi connectivity index (χ4v) is 2.04. The molecule has 0 spiro atoms. The molecule has 0 N–H and O–H groups in total. The molecule has 1 aliphatic rings. The van der Waals surface area contributed by atoms with Crippen LogP contribution in [-0.4, -0.2) is 38.9 Å². The van der Waals surface area contributed by atoms with Crippen molar-refractivity contribution in [2.24, 2.45) is 0 Å². The number of rotatable bonds is 4. The summed E-state index contributed by atoms with van der Waals surface area (Å²) < 4.78 is 1.77. The van der Waals surface area contributed by atoms with Crippen molar-refractivity contribution >= 4 is 12.0 Å². The van der Waals surface area contributed by atoms with Crippen LogP contribution in [0.2, 0.25) is 0 Å². The Bertz CT molecular complexity index is 614. The van der Waals surface area contributed by atoms with Crippen LogP contribution in [0, 0.1) is 0 Å². The number of aromatic nitrogens is 3. The summed E-state index contributed by atoms with van der Waals surface area (Å²) in [6, 6.07) is 10.1. The molecule has 5 nitrogen and oxygen atoms in total. The smallest absolute Gasteiger partial charge is 0.246 e. The summed E-state index contributed by atoms with van der Waals surface area (Å²) in [6.07, 6.45) is 6.23. The van der Waals surface area contributed by atoms with E-state index in [4.69, 9.17) is 0 Å². The highest BCUT2D eigenvalue weighted by atomic mass is 16.2. The molecule has 0 bridgehead atoms. The van der Waals surface area contributed by atoms with Gasteiger partial charge in [-0.2, -0.15) is 0 Å². The van der Waals surface area contributed by atoms with Gasteiger partial charge in [-0.1, -0.05) is 35.5 Å². The second kappa shape index (κ2) is 5.69. The lowest BCUT2D eigenvalue weighted by atomic mass is 10.2. The van der Waals surface area contributed by atoms with Crippen LogP contribution in [0.15, 0.2) is 42.6 Å². The molecule has 1 aromatic heterocycles. The average Bonchev–Trinajstić information content (AvgIpc) is 2.83. The van der Waals surface area contributed by atoms with Crippen molar-refractivity contribution in [3.8, 4) is 0 Å². The molecule has 2 aromatic rings. The van der Waals surface area contributed by atoms with Gasteiger partial charge in [0.1, 0.15) is 5.69 Å². The fourth-order valence-electron chi connectivity index (χ4n) is 2.04. The van der Waals surface area contributed by atoms with Gasteiger partial charge in [0.2, 0.25) is 5.91 Å². The molecule has 1 fully saturated rings. The summed E-state index contributed by atoms with van der Waals surface area (Å²) in [5.74, 6) is 0.0499. The minimum absolute atomic E-state index is 0.0499. The monoisotopic (exact) mass is 268 g/mol. The molecule has 20 heavy (non-hydrogen) atoms. The van der Waals surface area contributed by atoms with E-state index >= 15 is 0 Å². The molecule has 0 aliphatic carbocycles. The van der Waals surface area contributed by atoms with Crippen LogP contribution in [0.4, 0.5) is 0 Å². The van der Waals surface area contributed by atoms with E-state index in [-0.39, 0.29) is 5.91 Å². The first kappa shape index (κ1) is 12.6. The van der Waals surface area contributed by atoms with E-state index in [1.165, 1.54) is 5.56 Å². The van der Waals surface area contributed by atoms with Crippen LogP contribution in [-0.2, 0) is 11.3 Å². The predicted octanol–water partition coefficient (Wildman–Crippen LogP) is 1.57. The van der Waals surface area contributed by atoms with Gasteiger partial charge in [0.15, 0.2) is 0 Å². The molecule has 0 unspecified atom stereocenters. The van der Waals surface area contributed by atoms with Gasteiger partial charge in [-0.25, -0.2) is 4.68 Å². The third kappa shape index (κ3) is 2.93. The molecule has 1 aromatic carbocycles. The molecule has 0 saturated carbocycles. The quantitative estimate of drug-likeness (QED) is 0.791. The summed E-state index contributed by atoms with van der Waals surface area (Å²) in [7, 11) is 0. The normalized spacial score (nSPS) is 14.5.